The zero-order valence-corrected chi connectivity index (χ0v) is 17.3. The van der Waals surface area contributed by atoms with Crippen LogP contribution in [0.15, 0.2) is 48.5 Å². The van der Waals surface area contributed by atoms with Gasteiger partial charge in [-0.1, -0.05) is 69.7 Å². The van der Waals surface area contributed by atoms with Crippen molar-refractivity contribution in [2.75, 3.05) is 0 Å². The number of hydrogen-bond donors (Lipinski definition) is 1. The van der Waals surface area contributed by atoms with Gasteiger partial charge in [-0.05, 0) is 35.6 Å². The summed E-state index contributed by atoms with van der Waals surface area (Å²) < 4.78 is 0. The molecule has 0 bridgehead atoms. The van der Waals surface area contributed by atoms with Crippen molar-refractivity contribution < 1.29 is 5.11 Å². The minimum absolute atomic E-state index is 0.0914. The molecule has 29 heavy (non-hydrogen) atoms. The van der Waals surface area contributed by atoms with E-state index < -0.39 is 0 Å². The van der Waals surface area contributed by atoms with E-state index in [0.717, 1.165) is 47.2 Å². The van der Waals surface area contributed by atoms with Crippen molar-refractivity contribution in [1.29, 1.82) is 5.26 Å². The molecule has 3 aromatic rings. The molecule has 1 aromatic heterocycles. The van der Waals surface area contributed by atoms with E-state index in [4.69, 9.17) is 4.98 Å². The molecule has 4 heteroatoms. The topological polar surface area (TPSA) is 69.8 Å². The summed E-state index contributed by atoms with van der Waals surface area (Å²) in [6, 6.07) is 18.0. The second-order valence-electron chi connectivity index (χ2n) is 7.62. The molecule has 0 spiro atoms. The van der Waals surface area contributed by atoms with E-state index in [9.17, 15) is 10.4 Å². The van der Waals surface area contributed by atoms with E-state index in [1.54, 1.807) is 0 Å². The van der Waals surface area contributed by atoms with Gasteiger partial charge in [-0.2, -0.15) is 10.2 Å². The smallest absolute Gasteiger partial charge is 0.218 e. The molecule has 0 amide bonds. The molecule has 0 atom stereocenters. The Hall–Kier alpha value is -3.19. The van der Waals surface area contributed by atoms with Gasteiger partial charge in [0.2, 0.25) is 5.88 Å². The summed E-state index contributed by atoms with van der Waals surface area (Å²) in [5.74, 6) is 0.962. The third-order valence-electron chi connectivity index (χ3n) is 5.07. The van der Waals surface area contributed by atoms with Gasteiger partial charge in [0.05, 0.1) is 17.3 Å². The van der Waals surface area contributed by atoms with E-state index in [1.165, 1.54) is 0 Å². The molecule has 0 aliphatic heterocycles. The Morgan fingerprint density at radius 3 is 2.41 bits per heavy atom. The molecule has 0 fully saturated rings. The number of benzene rings is 2. The van der Waals surface area contributed by atoms with Gasteiger partial charge < -0.3 is 5.11 Å². The number of unbranched alkanes of at least 4 members (excludes halogenated alkanes) is 1. The molecule has 0 aliphatic rings. The van der Waals surface area contributed by atoms with Crippen LogP contribution in [0.3, 0.4) is 0 Å². The summed E-state index contributed by atoms with van der Waals surface area (Å²) in [7, 11) is 0. The lowest BCUT2D eigenvalue weighted by Crippen LogP contribution is -2.07. The zero-order valence-electron chi connectivity index (χ0n) is 17.3. The van der Waals surface area contributed by atoms with Crippen LogP contribution in [-0.2, 0) is 12.8 Å². The number of aromatic nitrogens is 2. The average molecular weight is 386 g/mol. The number of aromatic hydroxyl groups is 1. The van der Waals surface area contributed by atoms with Crippen molar-refractivity contribution in [3.63, 3.8) is 0 Å². The maximum absolute atomic E-state index is 10.6. The fraction of sp³-hybridized carbons (Fsp3) is 0.320. The molecule has 148 valence electrons. The molecule has 3 rings (SSSR count). The molecule has 0 radical (unpaired) electrons. The van der Waals surface area contributed by atoms with E-state index in [-0.39, 0.29) is 11.8 Å². The van der Waals surface area contributed by atoms with E-state index >= 15 is 0 Å². The summed E-state index contributed by atoms with van der Waals surface area (Å²) in [6.45, 7) is 6.23. The fourth-order valence-electron chi connectivity index (χ4n) is 3.36. The highest BCUT2D eigenvalue weighted by atomic mass is 16.3. The van der Waals surface area contributed by atoms with Crippen molar-refractivity contribution in [1.82, 2.24) is 9.97 Å². The van der Waals surface area contributed by atoms with Crippen LogP contribution in [-0.4, -0.2) is 15.1 Å². The van der Waals surface area contributed by atoms with Crippen molar-refractivity contribution in [2.24, 2.45) is 0 Å². The Kier molecular flexibility index (Phi) is 6.61. The van der Waals surface area contributed by atoms with Gasteiger partial charge in [-0.25, -0.2) is 4.98 Å². The summed E-state index contributed by atoms with van der Waals surface area (Å²) >= 11 is 0. The first-order valence-electron chi connectivity index (χ1n) is 10.2. The Morgan fingerprint density at radius 2 is 1.76 bits per heavy atom. The number of aryl methyl sites for hydroxylation is 1. The lowest BCUT2D eigenvalue weighted by molar-refractivity contribution is 0.438. The van der Waals surface area contributed by atoms with E-state index in [2.05, 4.69) is 18.0 Å². The second-order valence-corrected chi connectivity index (χ2v) is 7.62. The number of nitriles is 1. The SMILES string of the molecule is CCCCc1nc(C(C)C)nc(O)c1Cc1ccc(-c2ccccc2C#N)cc1. The predicted octanol–water partition coefficient (Wildman–Crippen LogP) is 5.78. The van der Waals surface area contributed by atoms with Crippen LogP contribution in [0.2, 0.25) is 0 Å². The van der Waals surface area contributed by atoms with Crippen molar-refractivity contribution in [3.8, 4) is 23.1 Å². The Morgan fingerprint density at radius 1 is 1.03 bits per heavy atom. The molecule has 0 aliphatic carbocycles. The quantitative estimate of drug-likeness (QED) is 0.560. The molecule has 2 aromatic carbocycles. The first-order valence-corrected chi connectivity index (χ1v) is 10.2. The first-order chi connectivity index (χ1) is 14.0. The molecule has 1 heterocycles. The van der Waals surface area contributed by atoms with Crippen molar-refractivity contribution in [3.05, 3.63) is 76.7 Å². The van der Waals surface area contributed by atoms with Gasteiger partial charge in [-0.3, -0.25) is 0 Å². The zero-order chi connectivity index (χ0) is 20.8. The van der Waals surface area contributed by atoms with Crippen LogP contribution in [0, 0.1) is 11.3 Å². The molecule has 0 unspecified atom stereocenters. The molecule has 1 N–H and O–H groups in total. The fourth-order valence-corrected chi connectivity index (χ4v) is 3.36. The highest BCUT2D eigenvalue weighted by Crippen LogP contribution is 2.27. The van der Waals surface area contributed by atoms with Crippen LogP contribution in [0.5, 0.6) is 5.88 Å². The van der Waals surface area contributed by atoms with Crippen LogP contribution in [0.25, 0.3) is 11.1 Å². The Bertz CT molecular complexity index is 1020. The van der Waals surface area contributed by atoms with Gasteiger partial charge in [0.15, 0.2) is 0 Å². The van der Waals surface area contributed by atoms with Crippen molar-refractivity contribution in [2.45, 2.75) is 52.4 Å². The lowest BCUT2D eigenvalue weighted by Gasteiger charge is -2.14. The van der Waals surface area contributed by atoms with Crippen LogP contribution in [0.4, 0.5) is 0 Å². The minimum atomic E-state index is 0.0914. The molecular weight excluding hydrogens is 358 g/mol. The summed E-state index contributed by atoms with van der Waals surface area (Å²) in [6.07, 6.45) is 3.54. The van der Waals surface area contributed by atoms with Gasteiger partial charge in [-0.15, -0.1) is 0 Å². The predicted molar refractivity (Wildman–Crippen MR) is 116 cm³/mol. The van der Waals surface area contributed by atoms with Crippen LogP contribution < -0.4 is 0 Å². The number of rotatable bonds is 7. The minimum Gasteiger partial charge on any atom is -0.493 e. The summed E-state index contributed by atoms with van der Waals surface area (Å²) in [5.41, 5.74) is 5.44. The Balaban J connectivity index is 1.91. The monoisotopic (exact) mass is 385 g/mol. The van der Waals surface area contributed by atoms with Gasteiger partial charge in [0.1, 0.15) is 5.82 Å². The van der Waals surface area contributed by atoms with Crippen LogP contribution in [0.1, 0.15) is 67.7 Å². The van der Waals surface area contributed by atoms with Gasteiger partial charge in [0, 0.05) is 17.9 Å². The van der Waals surface area contributed by atoms with E-state index in [1.807, 2.05) is 62.4 Å². The molecule has 0 saturated carbocycles. The van der Waals surface area contributed by atoms with Crippen LogP contribution >= 0.6 is 0 Å². The molecule has 0 saturated heterocycles. The highest BCUT2D eigenvalue weighted by Gasteiger charge is 2.16. The van der Waals surface area contributed by atoms with E-state index in [0.29, 0.717) is 17.8 Å². The Labute approximate surface area is 172 Å². The largest absolute Gasteiger partial charge is 0.493 e. The molecular formula is C25H27N3O. The highest BCUT2D eigenvalue weighted by molar-refractivity contribution is 5.70. The summed E-state index contributed by atoms with van der Waals surface area (Å²) in [5, 5.41) is 19.9. The summed E-state index contributed by atoms with van der Waals surface area (Å²) in [4.78, 5) is 9.08. The first kappa shape index (κ1) is 20.5. The van der Waals surface area contributed by atoms with Gasteiger partial charge in [0.25, 0.3) is 0 Å². The molecule has 4 nitrogen and oxygen atoms in total. The third-order valence-corrected chi connectivity index (χ3v) is 5.07. The third kappa shape index (κ3) is 4.81. The average Bonchev–Trinajstić information content (AvgIpc) is 2.74. The normalized spacial score (nSPS) is 10.9. The second kappa shape index (κ2) is 9.34. The maximum Gasteiger partial charge on any atom is 0.218 e. The standard InChI is InChI=1S/C25H27N3O/c1-4-5-10-23-22(25(29)28-24(27-23)17(2)3)15-18-11-13-19(14-12-18)21-9-7-6-8-20(21)16-26/h6-9,11-14,17H,4-5,10,15H2,1-3H3,(H,27,28,29). The lowest BCUT2D eigenvalue weighted by atomic mass is 9.96. The number of nitrogens with zero attached hydrogens (tertiary/aromatic N) is 3. The van der Waals surface area contributed by atoms with Gasteiger partial charge >= 0.3 is 0 Å². The maximum atomic E-state index is 10.6. The number of hydrogen-bond acceptors (Lipinski definition) is 4. The van der Waals surface area contributed by atoms with Crippen molar-refractivity contribution >= 4 is 0 Å².